The molecule has 1 unspecified atom stereocenters. The highest BCUT2D eigenvalue weighted by molar-refractivity contribution is 6.24. The van der Waals surface area contributed by atoms with Gasteiger partial charge >= 0.3 is 5.97 Å². The number of fused-ring (bicyclic) bond motifs is 1. The Morgan fingerprint density at radius 2 is 1.61 bits per heavy atom. The van der Waals surface area contributed by atoms with Gasteiger partial charge in [-0.1, -0.05) is 36.4 Å². The number of ether oxygens (including phenoxy) is 1. The van der Waals surface area contributed by atoms with E-state index in [0.717, 1.165) is 17.7 Å². The Labute approximate surface area is 222 Å². The summed E-state index contributed by atoms with van der Waals surface area (Å²) in [6.07, 6.45) is 0. The fraction of sp³-hybridized carbons (Fsp3) is 0.267. The third kappa shape index (κ3) is 5.81. The zero-order chi connectivity index (χ0) is 27.2. The third-order valence-corrected chi connectivity index (χ3v) is 6.50. The van der Waals surface area contributed by atoms with Crippen LogP contribution in [0.2, 0.25) is 0 Å². The fourth-order valence-electron chi connectivity index (χ4n) is 4.41. The van der Waals surface area contributed by atoms with Crippen molar-refractivity contribution in [1.29, 1.82) is 0 Å². The Kier molecular flexibility index (Phi) is 8.33. The topological polar surface area (TPSA) is 91.3 Å². The summed E-state index contributed by atoms with van der Waals surface area (Å²) in [7, 11) is 5.28. The minimum Gasteiger partial charge on any atom is -0.465 e. The van der Waals surface area contributed by atoms with Gasteiger partial charge in [0.2, 0.25) is 5.91 Å². The van der Waals surface area contributed by atoms with Crippen molar-refractivity contribution >= 4 is 34.9 Å². The van der Waals surface area contributed by atoms with E-state index in [1.807, 2.05) is 61.2 Å². The molecule has 1 atom stereocenters. The van der Waals surface area contributed by atoms with Crippen molar-refractivity contribution in [1.82, 2.24) is 9.80 Å². The van der Waals surface area contributed by atoms with Crippen LogP contribution < -0.4 is 5.32 Å². The summed E-state index contributed by atoms with van der Waals surface area (Å²) >= 11 is 0. The molecule has 3 aromatic rings. The molecule has 1 heterocycles. The lowest BCUT2D eigenvalue weighted by molar-refractivity contribution is -0.115. The van der Waals surface area contributed by atoms with Gasteiger partial charge in [0.1, 0.15) is 5.92 Å². The van der Waals surface area contributed by atoms with Crippen molar-refractivity contribution in [2.75, 3.05) is 46.2 Å². The van der Waals surface area contributed by atoms with Crippen molar-refractivity contribution in [3.8, 4) is 0 Å². The second kappa shape index (κ2) is 11.8. The summed E-state index contributed by atoms with van der Waals surface area (Å²) < 4.78 is 4.81. The molecule has 38 heavy (non-hydrogen) atoms. The van der Waals surface area contributed by atoms with Gasteiger partial charge in [0.05, 0.1) is 24.1 Å². The molecule has 8 nitrogen and oxygen atoms in total. The van der Waals surface area contributed by atoms with E-state index >= 15 is 0 Å². The lowest BCUT2D eigenvalue weighted by atomic mass is 9.90. The molecule has 0 saturated heterocycles. The number of aliphatic imine (C=N–C) groups is 1. The van der Waals surface area contributed by atoms with Crippen molar-refractivity contribution in [3.63, 3.8) is 0 Å². The van der Waals surface area contributed by atoms with Gasteiger partial charge in [-0.05, 0) is 68.5 Å². The molecular weight excluding hydrogens is 480 g/mol. The number of hydrogen-bond donors (Lipinski definition) is 1. The normalized spacial score (nSPS) is 14.7. The molecule has 2 amide bonds. The molecule has 0 radical (unpaired) electrons. The van der Waals surface area contributed by atoms with E-state index in [1.54, 1.807) is 42.5 Å². The van der Waals surface area contributed by atoms with E-state index in [4.69, 9.17) is 9.73 Å². The highest BCUT2D eigenvalue weighted by atomic mass is 16.5. The minimum atomic E-state index is -0.665. The van der Waals surface area contributed by atoms with Gasteiger partial charge in [-0.3, -0.25) is 14.6 Å². The average molecular weight is 513 g/mol. The summed E-state index contributed by atoms with van der Waals surface area (Å²) in [5.41, 5.74) is 4.25. The van der Waals surface area contributed by atoms with Crippen LogP contribution >= 0.6 is 0 Å². The average Bonchev–Trinajstić information content (AvgIpc) is 3.26. The summed E-state index contributed by atoms with van der Waals surface area (Å²) in [4.78, 5) is 46.9. The Bertz CT molecular complexity index is 1350. The van der Waals surface area contributed by atoms with E-state index in [9.17, 15) is 14.4 Å². The van der Waals surface area contributed by atoms with E-state index < -0.39 is 11.9 Å². The van der Waals surface area contributed by atoms with Crippen molar-refractivity contribution < 1.29 is 19.1 Å². The molecule has 0 bridgehead atoms. The Morgan fingerprint density at radius 1 is 0.921 bits per heavy atom. The Balaban J connectivity index is 1.68. The van der Waals surface area contributed by atoms with Gasteiger partial charge < -0.3 is 19.9 Å². The maximum atomic E-state index is 13.2. The first-order valence-corrected chi connectivity index (χ1v) is 12.5. The molecule has 4 rings (SSSR count). The van der Waals surface area contributed by atoms with Crippen LogP contribution in [0.4, 0.5) is 11.4 Å². The SMILES string of the molecule is CCN(CCN(C)C)C(=O)c1ccc(N=C(c2ccccc2)C2C(=O)Nc3cc(C(=O)OC)ccc32)cc1. The standard InChI is InChI=1S/C30H32N4O4/c1-5-34(18-17-33(2)3)29(36)21-11-14-23(15-12-21)31-27(20-9-7-6-8-10-20)26-24-16-13-22(30(37)38-4)19-25(24)32-28(26)35/h6-16,19,26H,5,17-18H2,1-4H3,(H,32,35). The predicted molar refractivity (Wildman–Crippen MR) is 148 cm³/mol. The number of carbonyl (C=O) groups excluding carboxylic acids is 3. The molecule has 196 valence electrons. The molecule has 3 aromatic carbocycles. The number of anilines is 1. The van der Waals surface area contributed by atoms with Gasteiger partial charge in [-0.25, -0.2) is 4.79 Å². The largest absolute Gasteiger partial charge is 0.465 e. The molecule has 0 aliphatic carbocycles. The predicted octanol–water partition coefficient (Wildman–Crippen LogP) is 4.35. The number of carbonyl (C=O) groups is 3. The third-order valence-electron chi connectivity index (χ3n) is 6.50. The maximum Gasteiger partial charge on any atom is 0.337 e. The molecule has 1 aliphatic rings. The molecule has 1 aliphatic heterocycles. The van der Waals surface area contributed by atoms with Gasteiger partial charge in [0, 0.05) is 30.9 Å². The number of methoxy groups -OCH3 is 1. The van der Waals surface area contributed by atoms with E-state index in [0.29, 0.717) is 41.3 Å². The van der Waals surface area contributed by atoms with Gasteiger partial charge in [-0.15, -0.1) is 0 Å². The monoisotopic (exact) mass is 512 g/mol. The summed E-state index contributed by atoms with van der Waals surface area (Å²) in [5, 5.41) is 2.88. The molecule has 0 spiro atoms. The molecule has 0 fully saturated rings. The molecule has 1 N–H and O–H groups in total. The first kappa shape index (κ1) is 26.8. The highest BCUT2D eigenvalue weighted by Gasteiger charge is 2.36. The van der Waals surface area contributed by atoms with E-state index in [-0.39, 0.29) is 11.8 Å². The lowest BCUT2D eigenvalue weighted by Crippen LogP contribution is -2.36. The fourth-order valence-corrected chi connectivity index (χ4v) is 4.41. The van der Waals surface area contributed by atoms with Crippen LogP contribution in [-0.4, -0.2) is 74.1 Å². The molecule has 0 saturated carbocycles. The lowest BCUT2D eigenvalue weighted by Gasteiger charge is -2.23. The Morgan fingerprint density at radius 3 is 2.24 bits per heavy atom. The zero-order valence-electron chi connectivity index (χ0n) is 22.1. The molecular formula is C30H32N4O4. The first-order valence-electron chi connectivity index (χ1n) is 12.5. The molecule has 0 aromatic heterocycles. The van der Waals surface area contributed by atoms with Crippen LogP contribution in [0.25, 0.3) is 0 Å². The number of esters is 1. The van der Waals surface area contributed by atoms with Crippen LogP contribution in [0.5, 0.6) is 0 Å². The van der Waals surface area contributed by atoms with Crippen LogP contribution in [0, 0.1) is 0 Å². The number of hydrogen-bond acceptors (Lipinski definition) is 6. The second-order valence-corrected chi connectivity index (χ2v) is 9.31. The van der Waals surface area contributed by atoms with Crippen molar-refractivity contribution in [2.45, 2.75) is 12.8 Å². The minimum absolute atomic E-state index is 0.0290. The Hall–Kier alpha value is -4.30. The van der Waals surface area contributed by atoms with Gasteiger partial charge in [-0.2, -0.15) is 0 Å². The number of nitrogens with one attached hydrogen (secondary N) is 1. The number of nitrogens with zero attached hydrogens (tertiary/aromatic N) is 3. The van der Waals surface area contributed by atoms with Crippen LogP contribution in [0.15, 0.2) is 77.8 Å². The maximum absolute atomic E-state index is 13.2. The summed E-state index contributed by atoms with van der Waals surface area (Å²) in [6.45, 7) is 4.03. The zero-order valence-corrected chi connectivity index (χ0v) is 22.1. The quantitative estimate of drug-likeness (QED) is 0.340. The first-order chi connectivity index (χ1) is 18.3. The van der Waals surface area contributed by atoms with Gasteiger partial charge in [0.15, 0.2) is 0 Å². The summed E-state index contributed by atoms with van der Waals surface area (Å²) in [5.74, 6) is -1.39. The second-order valence-electron chi connectivity index (χ2n) is 9.31. The number of likely N-dealkylation sites (N-methyl/N-ethyl adjacent to an activating group) is 2. The van der Waals surface area contributed by atoms with Crippen LogP contribution in [0.1, 0.15) is 44.7 Å². The highest BCUT2D eigenvalue weighted by Crippen LogP contribution is 2.37. The number of amides is 2. The number of benzene rings is 3. The smallest absolute Gasteiger partial charge is 0.337 e. The van der Waals surface area contributed by atoms with E-state index in [1.165, 1.54) is 7.11 Å². The van der Waals surface area contributed by atoms with E-state index in [2.05, 4.69) is 5.32 Å². The summed E-state index contributed by atoms with van der Waals surface area (Å²) in [6, 6.07) is 21.7. The van der Waals surface area contributed by atoms with Crippen LogP contribution in [0.3, 0.4) is 0 Å². The van der Waals surface area contributed by atoms with Crippen LogP contribution in [-0.2, 0) is 9.53 Å². The molecule has 8 heteroatoms. The number of rotatable bonds is 9. The van der Waals surface area contributed by atoms with Crippen molar-refractivity contribution in [2.24, 2.45) is 4.99 Å². The van der Waals surface area contributed by atoms with Crippen molar-refractivity contribution in [3.05, 3.63) is 95.1 Å². The van der Waals surface area contributed by atoms with Gasteiger partial charge in [0.25, 0.3) is 5.91 Å².